The highest BCUT2D eigenvalue weighted by atomic mass is 32.2. The first kappa shape index (κ1) is 13.5. The second-order valence-electron chi connectivity index (χ2n) is 4.70. The molecule has 0 amide bonds. The number of piperidine rings is 1. The van der Waals surface area contributed by atoms with Crippen LogP contribution in [0.3, 0.4) is 0 Å². The molecule has 1 fully saturated rings. The lowest BCUT2D eigenvalue weighted by atomic mass is 9.91. The van der Waals surface area contributed by atoms with Crippen molar-refractivity contribution in [3.63, 3.8) is 0 Å². The van der Waals surface area contributed by atoms with Crippen LogP contribution in [0.15, 0.2) is 23.1 Å². The average Bonchev–Trinajstić information content (AvgIpc) is 2.32. The molecule has 0 atom stereocenters. The Bertz CT molecular complexity index is 525. The SMILES string of the molecule is NS(=O)(=O)c1ccc(F)c(CC2CCNCC2)c1. The van der Waals surface area contributed by atoms with E-state index in [9.17, 15) is 12.8 Å². The second kappa shape index (κ2) is 5.34. The highest BCUT2D eigenvalue weighted by Gasteiger charge is 2.17. The molecule has 0 unspecified atom stereocenters. The highest BCUT2D eigenvalue weighted by molar-refractivity contribution is 7.89. The molecule has 0 aliphatic carbocycles. The van der Waals surface area contributed by atoms with Gasteiger partial charge in [0.2, 0.25) is 10.0 Å². The van der Waals surface area contributed by atoms with Crippen molar-refractivity contribution in [2.45, 2.75) is 24.2 Å². The lowest BCUT2D eigenvalue weighted by molar-refractivity contribution is 0.368. The normalized spacial score (nSPS) is 17.9. The van der Waals surface area contributed by atoms with Crippen molar-refractivity contribution in [2.75, 3.05) is 13.1 Å². The minimum Gasteiger partial charge on any atom is -0.317 e. The van der Waals surface area contributed by atoms with Crippen LogP contribution in [0, 0.1) is 11.7 Å². The number of sulfonamides is 1. The first-order valence-electron chi connectivity index (χ1n) is 5.99. The van der Waals surface area contributed by atoms with E-state index in [0.29, 0.717) is 17.9 Å². The predicted octanol–water partition coefficient (Wildman–Crippen LogP) is 1.02. The number of nitrogens with one attached hydrogen (secondary N) is 1. The fraction of sp³-hybridized carbons (Fsp3) is 0.500. The Labute approximate surface area is 106 Å². The first-order chi connectivity index (χ1) is 8.47. The van der Waals surface area contributed by atoms with Gasteiger partial charge in [-0.25, -0.2) is 17.9 Å². The monoisotopic (exact) mass is 272 g/mol. The lowest BCUT2D eigenvalue weighted by Gasteiger charge is -2.22. The summed E-state index contributed by atoms with van der Waals surface area (Å²) in [4.78, 5) is -0.0205. The predicted molar refractivity (Wildman–Crippen MR) is 67.1 cm³/mol. The van der Waals surface area contributed by atoms with E-state index in [1.165, 1.54) is 18.2 Å². The molecule has 1 saturated heterocycles. The number of benzene rings is 1. The molecule has 100 valence electrons. The van der Waals surface area contributed by atoms with Crippen molar-refractivity contribution in [3.8, 4) is 0 Å². The molecule has 18 heavy (non-hydrogen) atoms. The summed E-state index contributed by atoms with van der Waals surface area (Å²) in [6, 6.07) is 3.74. The standard InChI is InChI=1S/C12H17FN2O2S/c13-12-2-1-11(18(14,16)17)8-10(12)7-9-3-5-15-6-4-9/h1-2,8-9,15H,3-7H2,(H2,14,16,17). The van der Waals surface area contributed by atoms with Gasteiger partial charge in [-0.05, 0) is 62.0 Å². The topological polar surface area (TPSA) is 72.2 Å². The van der Waals surface area contributed by atoms with E-state index in [-0.39, 0.29) is 10.7 Å². The Morgan fingerprint density at radius 1 is 1.33 bits per heavy atom. The van der Waals surface area contributed by atoms with Gasteiger partial charge in [0.15, 0.2) is 0 Å². The quantitative estimate of drug-likeness (QED) is 0.862. The number of halogens is 1. The number of nitrogens with two attached hydrogens (primary N) is 1. The summed E-state index contributed by atoms with van der Waals surface area (Å²) >= 11 is 0. The molecular weight excluding hydrogens is 255 g/mol. The molecule has 1 aliphatic heterocycles. The van der Waals surface area contributed by atoms with Crippen LogP contribution in [0.5, 0.6) is 0 Å². The third-order valence-corrected chi connectivity index (χ3v) is 4.22. The van der Waals surface area contributed by atoms with Crippen LogP contribution in [0.2, 0.25) is 0 Å². The fourth-order valence-corrected chi connectivity index (χ4v) is 2.85. The van der Waals surface area contributed by atoms with Crippen LogP contribution < -0.4 is 10.5 Å². The number of hydrogen-bond acceptors (Lipinski definition) is 3. The van der Waals surface area contributed by atoms with Gasteiger partial charge in [0, 0.05) is 0 Å². The Morgan fingerprint density at radius 3 is 2.61 bits per heavy atom. The minimum atomic E-state index is -3.76. The van der Waals surface area contributed by atoms with E-state index >= 15 is 0 Å². The van der Waals surface area contributed by atoms with Gasteiger partial charge in [-0.2, -0.15) is 0 Å². The van der Waals surface area contributed by atoms with Gasteiger partial charge in [-0.1, -0.05) is 0 Å². The lowest BCUT2D eigenvalue weighted by Crippen LogP contribution is -2.28. The number of rotatable bonds is 3. The van der Waals surface area contributed by atoms with Gasteiger partial charge < -0.3 is 5.32 Å². The molecule has 0 aromatic heterocycles. The van der Waals surface area contributed by atoms with Crippen LogP contribution in [0.4, 0.5) is 4.39 Å². The van der Waals surface area contributed by atoms with Gasteiger partial charge in [0.1, 0.15) is 5.82 Å². The van der Waals surface area contributed by atoms with E-state index in [2.05, 4.69) is 5.32 Å². The molecule has 6 heteroatoms. The van der Waals surface area contributed by atoms with Crippen molar-refractivity contribution in [1.29, 1.82) is 0 Å². The highest BCUT2D eigenvalue weighted by Crippen LogP contribution is 2.22. The summed E-state index contributed by atoms with van der Waals surface area (Å²) < 4.78 is 36.1. The first-order valence-corrected chi connectivity index (χ1v) is 7.53. The van der Waals surface area contributed by atoms with Crippen LogP contribution in [0.1, 0.15) is 18.4 Å². The van der Waals surface area contributed by atoms with Gasteiger partial charge >= 0.3 is 0 Å². The fourth-order valence-electron chi connectivity index (χ4n) is 2.28. The molecule has 3 N–H and O–H groups in total. The van der Waals surface area contributed by atoms with E-state index in [0.717, 1.165) is 25.9 Å². The van der Waals surface area contributed by atoms with Gasteiger partial charge in [0.25, 0.3) is 0 Å². The Morgan fingerprint density at radius 2 is 2.00 bits per heavy atom. The van der Waals surface area contributed by atoms with E-state index in [1.54, 1.807) is 0 Å². The van der Waals surface area contributed by atoms with E-state index < -0.39 is 10.0 Å². The number of primary sulfonamides is 1. The molecule has 1 aromatic rings. The zero-order valence-electron chi connectivity index (χ0n) is 10.0. The van der Waals surface area contributed by atoms with Crippen molar-refractivity contribution in [1.82, 2.24) is 5.32 Å². The third-order valence-electron chi connectivity index (χ3n) is 3.31. The smallest absolute Gasteiger partial charge is 0.238 e. The Kier molecular flexibility index (Phi) is 3.99. The summed E-state index contributed by atoms with van der Waals surface area (Å²) in [6.45, 7) is 1.86. The minimum absolute atomic E-state index is 0.0205. The van der Waals surface area contributed by atoms with Crippen LogP contribution in [-0.2, 0) is 16.4 Å². The van der Waals surface area contributed by atoms with Gasteiger partial charge in [-0.3, -0.25) is 0 Å². The van der Waals surface area contributed by atoms with Crippen molar-refractivity contribution in [3.05, 3.63) is 29.6 Å². The van der Waals surface area contributed by atoms with Crippen LogP contribution in [0.25, 0.3) is 0 Å². The largest absolute Gasteiger partial charge is 0.317 e. The Hall–Kier alpha value is -0.980. The zero-order valence-corrected chi connectivity index (χ0v) is 10.8. The van der Waals surface area contributed by atoms with E-state index in [4.69, 9.17) is 5.14 Å². The van der Waals surface area contributed by atoms with Crippen molar-refractivity contribution in [2.24, 2.45) is 11.1 Å². The second-order valence-corrected chi connectivity index (χ2v) is 6.26. The average molecular weight is 272 g/mol. The van der Waals surface area contributed by atoms with Crippen LogP contribution >= 0.6 is 0 Å². The zero-order chi connectivity index (χ0) is 13.2. The molecule has 0 saturated carbocycles. The molecule has 0 bridgehead atoms. The van der Waals surface area contributed by atoms with Gasteiger partial charge in [-0.15, -0.1) is 0 Å². The maximum absolute atomic E-state index is 13.7. The summed E-state index contributed by atoms with van der Waals surface area (Å²) in [5.41, 5.74) is 0.438. The Balaban J connectivity index is 2.21. The number of hydrogen-bond donors (Lipinski definition) is 2. The molecule has 2 rings (SSSR count). The van der Waals surface area contributed by atoms with Crippen molar-refractivity contribution >= 4 is 10.0 Å². The molecule has 4 nitrogen and oxygen atoms in total. The van der Waals surface area contributed by atoms with Gasteiger partial charge in [0.05, 0.1) is 4.90 Å². The van der Waals surface area contributed by atoms with Crippen molar-refractivity contribution < 1.29 is 12.8 Å². The van der Waals surface area contributed by atoms with E-state index in [1.807, 2.05) is 0 Å². The molecule has 1 heterocycles. The molecule has 1 aromatic carbocycles. The summed E-state index contributed by atoms with van der Waals surface area (Å²) in [5, 5.41) is 8.29. The summed E-state index contributed by atoms with van der Waals surface area (Å²) in [6.07, 6.45) is 2.54. The maximum Gasteiger partial charge on any atom is 0.238 e. The molecule has 0 radical (unpaired) electrons. The third kappa shape index (κ3) is 3.28. The summed E-state index contributed by atoms with van der Waals surface area (Å²) in [5.74, 6) is 0.0393. The van der Waals surface area contributed by atoms with Crippen LogP contribution in [-0.4, -0.2) is 21.5 Å². The summed E-state index contributed by atoms with van der Waals surface area (Å²) in [7, 11) is -3.76. The molecule has 1 aliphatic rings. The molecular formula is C12H17FN2O2S. The molecule has 0 spiro atoms. The maximum atomic E-state index is 13.7.